The maximum Gasteiger partial charge on any atom is 0.222 e. The fourth-order valence-corrected chi connectivity index (χ4v) is 1.89. The van der Waals surface area contributed by atoms with Crippen LogP contribution in [0, 0.1) is 0 Å². The molecule has 0 aliphatic carbocycles. The number of hydrogen-bond acceptors (Lipinski definition) is 4. The number of likely N-dealkylation sites (N-methyl/N-ethyl adjacent to an activating group) is 1. The highest BCUT2D eigenvalue weighted by Gasteiger charge is 2.22. The molecule has 5 nitrogen and oxygen atoms in total. The summed E-state index contributed by atoms with van der Waals surface area (Å²) >= 11 is 0. The van der Waals surface area contributed by atoms with E-state index in [2.05, 4.69) is 10.3 Å². The molecule has 2 rings (SSSR count). The summed E-state index contributed by atoms with van der Waals surface area (Å²) in [5.41, 5.74) is 7.33. The first kappa shape index (κ1) is 10.7. The third-order valence-corrected chi connectivity index (χ3v) is 2.84. The molecule has 1 fully saturated rings. The molecule has 1 atom stereocenters. The summed E-state index contributed by atoms with van der Waals surface area (Å²) in [6.07, 6.45) is 4.78. The number of amides is 1. The van der Waals surface area contributed by atoms with E-state index in [9.17, 15) is 4.79 Å². The van der Waals surface area contributed by atoms with Crippen molar-refractivity contribution in [1.82, 2.24) is 9.88 Å². The Morgan fingerprint density at radius 3 is 3.12 bits per heavy atom. The Bertz CT molecular complexity index is 393. The number of anilines is 2. The summed E-state index contributed by atoms with van der Waals surface area (Å²) in [5.74, 6) is 0.209. The van der Waals surface area contributed by atoms with Gasteiger partial charge in [0.15, 0.2) is 0 Å². The van der Waals surface area contributed by atoms with Crippen LogP contribution in [-0.4, -0.2) is 35.4 Å². The first-order valence-electron chi connectivity index (χ1n) is 5.37. The van der Waals surface area contributed by atoms with Crippen LogP contribution in [0.3, 0.4) is 0 Å². The zero-order chi connectivity index (χ0) is 11.5. The summed E-state index contributed by atoms with van der Waals surface area (Å²) in [5, 5.41) is 3.34. The van der Waals surface area contributed by atoms with E-state index in [1.165, 1.54) is 0 Å². The van der Waals surface area contributed by atoms with Crippen molar-refractivity contribution in [3.05, 3.63) is 18.5 Å². The molecule has 0 aromatic carbocycles. The van der Waals surface area contributed by atoms with Gasteiger partial charge < -0.3 is 16.0 Å². The van der Waals surface area contributed by atoms with Crippen molar-refractivity contribution in [2.24, 2.45) is 0 Å². The molecule has 5 heteroatoms. The Labute approximate surface area is 94.6 Å². The Kier molecular flexibility index (Phi) is 2.94. The van der Waals surface area contributed by atoms with Gasteiger partial charge in [-0.25, -0.2) is 0 Å². The van der Waals surface area contributed by atoms with Crippen LogP contribution in [0.4, 0.5) is 11.4 Å². The second-order valence-corrected chi connectivity index (χ2v) is 4.12. The number of likely N-dealkylation sites (tertiary alicyclic amines) is 1. The van der Waals surface area contributed by atoms with Crippen LogP contribution in [0.5, 0.6) is 0 Å². The lowest BCUT2D eigenvalue weighted by molar-refractivity contribution is -0.132. The standard InChI is InChI=1S/C11H16N4O/c1-15-7-8(2-3-11(15)16)14-10-4-5-13-6-9(10)12/h4-6,8H,2-3,7,12H2,1H3,(H,13,14). The van der Waals surface area contributed by atoms with E-state index in [0.717, 1.165) is 18.7 Å². The molecule has 1 amide bonds. The average Bonchev–Trinajstić information content (AvgIpc) is 2.27. The van der Waals surface area contributed by atoms with Gasteiger partial charge in [-0.2, -0.15) is 0 Å². The predicted octanol–water partition coefficient (Wildman–Crippen LogP) is 0.696. The number of pyridine rings is 1. The van der Waals surface area contributed by atoms with Gasteiger partial charge in [0.05, 0.1) is 17.6 Å². The third kappa shape index (κ3) is 2.24. The van der Waals surface area contributed by atoms with Crippen LogP contribution in [-0.2, 0) is 4.79 Å². The lowest BCUT2D eigenvalue weighted by Gasteiger charge is -2.31. The lowest BCUT2D eigenvalue weighted by Crippen LogP contribution is -2.43. The zero-order valence-electron chi connectivity index (χ0n) is 9.31. The molecule has 1 aliphatic heterocycles. The molecule has 2 heterocycles. The number of piperidine rings is 1. The molecule has 1 aliphatic rings. The van der Waals surface area contributed by atoms with E-state index in [-0.39, 0.29) is 11.9 Å². The second-order valence-electron chi connectivity index (χ2n) is 4.12. The lowest BCUT2D eigenvalue weighted by atomic mass is 10.1. The number of carbonyl (C=O) groups is 1. The fourth-order valence-electron chi connectivity index (χ4n) is 1.89. The van der Waals surface area contributed by atoms with Crippen molar-refractivity contribution in [1.29, 1.82) is 0 Å². The quantitative estimate of drug-likeness (QED) is 0.769. The Morgan fingerprint density at radius 1 is 1.62 bits per heavy atom. The number of nitrogens with zero attached hydrogens (tertiary/aromatic N) is 2. The molecule has 0 radical (unpaired) electrons. The largest absolute Gasteiger partial charge is 0.396 e. The van der Waals surface area contributed by atoms with Gasteiger partial charge in [-0.05, 0) is 12.5 Å². The van der Waals surface area contributed by atoms with Crippen LogP contribution >= 0.6 is 0 Å². The van der Waals surface area contributed by atoms with Crippen LogP contribution in [0.15, 0.2) is 18.5 Å². The number of hydrogen-bond donors (Lipinski definition) is 2. The fraction of sp³-hybridized carbons (Fsp3) is 0.455. The Morgan fingerprint density at radius 2 is 2.44 bits per heavy atom. The van der Waals surface area contributed by atoms with Crippen molar-refractivity contribution < 1.29 is 4.79 Å². The molecule has 3 N–H and O–H groups in total. The molecule has 86 valence electrons. The minimum absolute atomic E-state index is 0.209. The van der Waals surface area contributed by atoms with Crippen molar-refractivity contribution >= 4 is 17.3 Å². The SMILES string of the molecule is CN1CC(Nc2ccncc2N)CCC1=O. The molecule has 0 saturated carbocycles. The number of nitrogens with two attached hydrogens (primary N) is 1. The molecule has 16 heavy (non-hydrogen) atoms. The van der Waals surface area contributed by atoms with Crippen LogP contribution in [0.2, 0.25) is 0 Å². The van der Waals surface area contributed by atoms with E-state index < -0.39 is 0 Å². The first-order valence-corrected chi connectivity index (χ1v) is 5.37. The molecule has 0 bridgehead atoms. The number of rotatable bonds is 2. The van der Waals surface area contributed by atoms with Gasteiger partial charge in [0.2, 0.25) is 5.91 Å². The van der Waals surface area contributed by atoms with Crippen LogP contribution < -0.4 is 11.1 Å². The van der Waals surface area contributed by atoms with E-state index in [1.54, 1.807) is 17.3 Å². The summed E-state index contributed by atoms with van der Waals surface area (Å²) in [6, 6.07) is 2.12. The smallest absolute Gasteiger partial charge is 0.222 e. The molecule has 1 saturated heterocycles. The highest BCUT2D eigenvalue weighted by molar-refractivity contribution is 5.77. The van der Waals surface area contributed by atoms with Gasteiger partial charge in [-0.15, -0.1) is 0 Å². The second kappa shape index (κ2) is 4.38. The predicted molar refractivity (Wildman–Crippen MR) is 62.9 cm³/mol. The topological polar surface area (TPSA) is 71.2 Å². The van der Waals surface area contributed by atoms with Gasteiger partial charge in [-0.1, -0.05) is 0 Å². The van der Waals surface area contributed by atoms with Gasteiger partial charge >= 0.3 is 0 Å². The Hall–Kier alpha value is -1.78. The average molecular weight is 220 g/mol. The summed E-state index contributed by atoms with van der Waals surface area (Å²) < 4.78 is 0. The minimum Gasteiger partial charge on any atom is -0.396 e. The molecular formula is C11H16N4O. The van der Waals surface area contributed by atoms with Crippen molar-refractivity contribution in [3.8, 4) is 0 Å². The monoisotopic (exact) mass is 220 g/mol. The highest BCUT2D eigenvalue weighted by Crippen LogP contribution is 2.20. The molecular weight excluding hydrogens is 204 g/mol. The summed E-state index contributed by atoms with van der Waals surface area (Å²) in [7, 11) is 1.83. The maximum absolute atomic E-state index is 11.3. The summed E-state index contributed by atoms with van der Waals surface area (Å²) in [6.45, 7) is 0.723. The minimum atomic E-state index is 0.209. The van der Waals surface area contributed by atoms with Crippen molar-refractivity contribution in [3.63, 3.8) is 0 Å². The zero-order valence-corrected chi connectivity index (χ0v) is 9.31. The van der Waals surface area contributed by atoms with Crippen molar-refractivity contribution in [2.45, 2.75) is 18.9 Å². The molecule has 1 aromatic rings. The van der Waals surface area contributed by atoms with E-state index in [1.807, 2.05) is 13.1 Å². The van der Waals surface area contributed by atoms with Crippen LogP contribution in [0.25, 0.3) is 0 Å². The highest BCUT2D eigenvalue weighted by atomic mass is 16.2. The number of nitrogens with one attached hydrogen (secondary N) is 1. The van der Waals surface area contributed by atoms with Gasteiger partial charge in [-0.3, -0.25) is 9.78 Å². The number of nitrogen functional groups attached to an aromatic ring is 1. The van der Waals surface area contributed by atoms with Crippen molar-refractivity contribution in [2.75, 3.05) is 24.6 Å². The van der Waals surface area contributed by atoms with Gasteiger partial charge in [0.1, 0.15) is 0 Å². The van der Waals surface area contributed by atoms with Crippen LogP contribution in [0.1, 0.15) is 12.8 Å². The van der Waals surface area contributed by atoms with E-state index in [4.69, 9.17) is 5.73 Å². The van der Waals surface area contributed by atoms with E-state index in [0.29, 0.717) is 12.1 Å². The van der Waals surface area contributed by atoms with E-state index >= 15 is 0 Å². The maximum atomic E-state index is 11.3. The third-order valence-electron chi connectivity index (χ3n) is 2.84. The summed E-state index contributed by atoms with van der Waals surface area (Å²) in [4.78, 5) is 17.0. The first-order chi connectivity index (χ1) is 7.66. The molecule has 0 spiro atoms. The number of aromatic nitrogens is 1. The molecule has 1 aromatic heterocycles. The normalized spacial score (nSPS) is 20.9. The van der Waals surface area contributed by atoms with Gasteiger partial charge in [0.25, 0.3) is 0 Å². The molecule has 1 unspecified atom stereocenters. The Balaban J connectivity index is 2.01. The van der Waals surface area contributed by atoms with Gasteiger partial charge in [0, 0.05) is 32.3 Å². The number of carbonyl (C=O) groups excluding carboxylic acids is 1.